The molecule has 2 unspecified atom stereocenters. The Morgan fingerprint density at radius 3 is 2.53 bits per heavy atom. The molecule has 2 N–H and O–H groups in total. The number of rotatable bonds is 12. The van der Waals surface area contributed by atoms with Crippen molar-refractivity contribution in [3.8, 4) is 0 Å². The van der Waals surface area contributed by atoms with Crippen LogP contribution in [0.15, 0.2) is 77.1 Å². The largest absolute Gasteiger partial charge is 0.419 e. The Kier molecular flexibility index (Phi) is 10.0. The molecule has 43 heavy (non-hydrogen) atoms. The fourth-order valence-corrected chi connectivity index (χ4v) is 6.45. The van der Waals surface area contributed by atoms with Crippen LogP contribution in [0.5, 0.6) is 0 Å². The van der Waals surface area contributed by atoms with Crippen LogP contribution < -0.4 is 5.73 Å². The molecule has 230 valence electrons. The zero-order valence-corrected chi connectivity index (χ0v) is 24.9. The Morgan fingerprint density at radius 2 is 1.91 bits per heavy atom. The van der Waals surface area contributed by atoms with E-state index in [0.717, 1.165) is 11.3 Å². The van der Waals surface area contributed by atoms with E-state index in [9.17, 15) is 30.8 Å². The van der Waals surface area contributed by atoms with Crippen LogP contribution in [0.4, 0.5) is 17.6 Å². The predicted molar refractivity (Wildman–Crippen MR) is 159 cm³/mol. The van der Waals surface area contributed by atoms with E-state index in [1.54, 1.807) is 19.2 Å². The van der Waals surface area contributed by atoms with Crippen LogP contribution in [-0.4, -0.2) is 36.4 Å². The average Bonchev–Trinajstić information content (AvgIpc) is 3.42. The van der Waals surface area contributed by atoms with Crippen molar-refractivity contribution in [2.45, 2.75) is 52.1 Å². The number of aromatic nitrogens is 1. The second-order valence-corrected chi connectivity index (χ2v) is 13.5. The van der Waals surface area contributed by atoms with Crippen LogP contribution in [0.3, 0.4) is 0 Å². The molecule has 1 aliphatic heterocycles. The summed E-state index contributed by atoms with van der Waals surface area (Å²) in [4.78, 5) is 23.2. The lowest BCUT2D eigenvalue weighted by molar-refractivity contribution is -0.140. The van der Waals surface area contributed by atoms with Gasteiger partial charge in [-0.25, -0.2) is 12.8 Å². The standard InChI is InChI=1S/C32H35F4N3O3S/c1-3-43(41,42)16-6-7-24(30(40)18-21-9-14-27(33)26(17-21)32(34,35)36)20(2)31-25(22-10-12-23(37)13-11-22)19-29(39-31)28-8-4-5-15-38-28/h4-5,8-10,12,14-15,17,19-20,24-25H,3,6-7,11,13,16,18,37H2,1-2H3/t20-,24?,25?/m0/s1. The number of alkyl halides is 3. The molecule has 0 saturated carbocycles. The van der Waals surface area contributed by atoms with Crippen LogP contribution in [0.1, 0.15) is 56.4 Å². The van der Waals surface area contributed by atoms with E-state index in [2.05, 4.69) is 4.98 Å². The number of Topliss-reactive ketones (excluding diaryl/α,β-unsaturated/α-hetero) is 1. The highest BCUT2D eigenvalue weighted by Gasteiger charge is 2.37. The summed E-state index contributed by atoms with van der Waals surface area (Å²) < 4.78 is 78.5. The molecule has 0 amide bonds. The third-order valence-corrected chi connectivity index (χ3v) is 9.83. The number of hydrogen-bond acceptors (Lipinski definition) is 6. The number of sulfone groups is 1. The molecule has 0 spiro atoms. The lowest BCUT2D eigenvalue weighted by Gasteiger charge is -2.28. The van der Waals surface area contributed by atoms with Crippen molar-refractivity contribution < 1.29 is 30.8 Å². The van der Waals surface area contributed by atoms with E-state index in [0.29, 0.717) is 42.1 Å². The molecule has 0 bridgehead atoms. The lowest BCUT2D eigenvalue weighted by Crippen LogP contribution is -2.33. The highest BCUT2D eigenvalue weighted by molar-refractivity contribution is 7.91. The maximum Gasteiger partial charge on any atom is 0.419 e. The number of aliphatic imine (C=N–C) groups is 1. The fourth-order valence-electron chi connectivity index (χ4n) is 5.55. The van der Waals surface area contributed by atoms with Crippen LogP contribution in [0.2, 0.25) is 0 Å². The normalized spacial score (nSPS) is 18.8. The summed E-state index contributed by atoms with van der Waals surface area (Å²) >= 11 is 0. The maximum absolute atomic E-state index is 13.9. The number of carbonyl (C=O) groups excluding carboxylic acids is 1. The summed E-state index contributed by atoms with van der Waals surface area (Å²) in [5.41, 5.74) is 8.40. The van der Waals surface area contributed by atoms with Crippen molar-refractivity contribution >= 4 is 27.0 Å². The van der Waals surface area contributed by atoms with Gasteiger partial charge in [-0.15, -0.1) is 0 Å². The molecular formula is C32H35F4N3O3S. The summed E-state index contributed by atoms with van der Waals surface area (Å²) in [5.74, 6) is -3.40. The monoisotopic (exact) mass is 617 g/mol. The first-order chi connectivity index (χ1) is 20.3. The van der Waals surface area contributed by atoms with Gasteiger partial charge in [0.25, 0.3) is 0 Å². The van der Waals surface area contributed by atoms with Gasteiger partial charge in [-0.3, -0.25) is 14.8 Å². The first kappa shape index (κ1) is 32.3. The summed E-state index contributed by atoms with van der Waals surface area (Å²) in [6.07, 6.45) is 3.93. The number of halogens is 4. The summed E-state index contributed by atoms with van der Waals surface area (Å²) in [5, 5.41) is 0. The topological polar surface area (TPSA) is 102 Å². The van der Waals surface area contributed by atoms with Gasteiger partial charge in [0.1, 0.15) is 21.4 Å². The molecule has 1 aromatic carbocycles. The van der Waals surface area contributed by atoms with Gasteiger partial charge < -0.3 is 5.73 Å². The van der Waals surface area contributed by atoms with E-state index in [1.807, 2.05) is 37.3 Å². The first-order valence-electron chi connectivity index (χ1n) is 14.2. The highest BCUT2D eigenvalue weighted by Crippen LogP contribution is 2.39. The minimum atomic E-state index is -4.91. The Labute approximate surface area is 249 Å². The third-order valence-electron chi connectivity index (χ3n) is 8.04. The minimum Gasteiger partial charge on any atom is -0.402 e. The van der Waals surface area contributed by atoms with Crippen molar-refractivity contribution in [1.29, 1.82) is 0 Å². The molecule has 4 rings (SSSR count). The number of benzene rings is 1. The second kappa shape index (κ2) is 13.4. The van der Waals surface area contributed by atoms with Crippen molar-refractivity contribution in [3.05, 3.63) is 94.7 Å². The lowest BCUT2D eigenvalue weighted by atomic mass is 9.75. The summed E-state index contributed by atoms with van der Waals surface area (Å²) in [6.45, 7) is 3.40. The first-order valence-corrected chi connectivity index (χ1v) is 16.1. The van der Waals surface area contributed by atoms with Crippen LogP contribution in [0, 0.1) is 23.6 Å². The van der Waals surface area contributed by atoms with Gasteiger partial charge in [-0.05, 0) is 67.7 Å². The van der Waals surface area contributed by atoms with Gasteiger partial charge >= 0.3 is 6.18 Å². The smallest absolute Gasteiger partial charge is 0.402 e. The van der Waals surface area contributed by atoms with Gasteiger partial charge in [-0.1, -0.05) is 37.6 Å². The summed E-state index contributed by atoms with van der Waals surface area (Å²) in [6, 6.07) is 8.02. The van der Waals surface area contributed by atoms with E-state index < -0.39 is 39.2 Å². The molecule has 1 aromatic heterocycles. The van der Waals surface area contributed by atoms with Crippen LogP contribution >= 0.6 is 0 Å². The summed E-state index contributed by atoms with van der Waals surface area (Å²) in [7, 11) is -3.30. The predicted octanol–water partition coefficient (Wildman–Crippen LogP) is 6.49. The van der Waals surface area contributed by atoms with Gasteiger partial charge in [0.15, 0.2) is 0 Å². The van der Waals surface area contributed by atoms with Crippen LogP contribution in [0.25, 0.3) is 5.70 Å². The molecule has 3 atom stereocenters. The van der Waals surface area contributed by atoms with Crippen molar-refractivity contribution in [2.24, 2.45) is 28.5 Å². The highest BCUT2D eigenvalue weighted by atomic mass is 32.2. The molecule has 1 aliphatic carbocycles. The molecule has 2 aliphatic rings. The number of ketones is 1. The quantitative estimate of drug-likeness (QED) is 0.274. The fraction of sp³-hybridized carbons (Fsp3) is 0.406. The molecule has 6 nitrogen and oxygen atoms in total. The molecule has 2 aromatic rings. The molecule has 0 saturated heterocycles. The Hall–Kier alpha value is -3.60. The zero-order valence-electron chi connectivity index (χ0n) is 24.1. The van der Waals surface area contributed by atoms with Gasteiger partial charge in [-0.2, -0.15) is 13.2 Å². The van der Waals surface area contributed by atoms with Crippen molar-refractivity contribution in [2.75, 3.05) is 11.5 Å². The Balaban J connectivity index is 1.69. The van der Waals surface area contributed by atoms with Crippen molar-refractivity contribution in [1.82, 2.24) is 4.98 Å². The number of hydrogen-bond donors (Lipinski definition) is 1. The second-order valence-electron chi connectivity index (χ2n) is 11.0. The number of allylic oxidation sites excluding steroid dienone is 5. The van der Waals surface area contributed by atoms with Gasteiger partial charge in [0.2, 0.25) is 0 Å². The van der Waals surface area contributed by atoms with Crippen molar-refractivity contribution in [3.63, 3.8) is 0 Å². The van der Waals surface area contributed by atoms with E-state index in [-0.39, 0.29) is 48.0 Å². The molecule has 2 heterocycles. The van der Waals surface area contributed by atoms with E-state index in [4.69, 9.17) is 10.7 Å². The number of nitrogens with two attached hydrogens (primary N) is 1. The van der Waals surface area contributed by atoms with Gasteiger partial charge in [0, 0.05) is 47.5 Å². The van der Waals surface area contributed by atoms with E-state index >= 15 is 0 Å². The number of carbonyl (C=O) groups is 1. The Bertz CT molecular complexity index is 1580. The van der Waals surface area contributed by atoms with Crippen LogP contribution in [-0.2, 0) is 27.2 Å². The molecule has 11 heteroatoms. The SMILES string of the molecule is CCS(=O)(=O)CCCC(C(=O)Cc1ccc(F)c(C(F)(F)F)c1)[C@H](C)C1=NC(c2ccccn2)=CC1C1=CC=C(N)CC1. The zero-order chi connectivity index (χ0) is 31.4. The molecule has 0 fully saturated rings. The Morgan fingerprint density at radius 1 is 1.14 bits per heavy atom. The average molecular weight is 618 g/mol. The molecular weight excluding hydrogens is 582 g/mol. The molecule has 0 radical (unpaired) electrons. The number of pyridine rings is 1. The third kappa shape index (κ3) is 8.07. The number of nitrogens with zero attached hydrogens (tertiary/aromatic N) is 2. The maximum atomic E-state index is 13.9. The van der Waals surface area contributed by atoms with Gasteiger partial charge in [0.05, 0.1) is 22.7 Å². The van der Waals surface area contributed by atoms with E-state index in [1.165, 1.54) is 6.07 Å². The minimum absolute atomic E-state index is 0.0323.